The van der Waals surface area contributed by atoms with Crippen LogP contribution in [0.1, 0.15) is 30.8 Å². The molecule has 0 saturated carbocycles. The van der Waals surface area contributed by atoms with E-state index in [9.17, 15) is 4.79 Å². The smallest absolute Gasteiger partial charge is 0.258 e. The Hall–Kier alpha value is -1.67. The molecule has 3 aromatic rings. The predicted octanol–water partition coefficient (Wildman–Crippen LogP) is 2.37. The molecule has 1 aliphatic heterocycles. The zero-order chi connectivity index (χ0) is 14.9. The third kappa shape index (κ3) is 2.56. The highest BCUT2D eigenvalue weighted by Gasteiger charge is 2.15. The maximum absolute atomic E-state index is 12.0. The molecule has 1 aliphatic rings. The van der Waals surface area contributed by atoms with E-state index in [4.69, 9.17) is 0 Å². The first-order valence-corrected chi connectivity index (χ1v) is 9.18. The van der Waals surface area contributed by atoms with Crippen molar-refractivity contribution in [2.45, 2.75) is 43.1 Å². The molecule has 114 valence electrons. The van der Waals surface area contributed by atoms with Crippen LogP contribution in [0.2, 0.25) is 0 Å². The predicted molar refractivity (Wildman–Crippen MR) is 86.5 cm³/mol. The summed E-state index contributed by atoms with van der Waals surface area (Å²) in [5.41, 5.74) is 0.769. The Morgan fingerprint density at radius 3 is 3.18 bits per heavy atom. The van der Waals surface area contributed by atoms with Gasteiger partial charge in [0.05, 0.1) is 5.69 Å². The topological polar surface area (TPSA) is 65.1 Å². The molecule has 4 heterocycles. The lowest BCUT2D eigenvalue weighted by Gasteiger charge is -2.06. The molecule has 8 heteroatoms. The van der Waals surface area contributed by atoms with Gasteiger partial charge in [-0.25, -0.2) is 4.98 Å². The Morgan fingerprint density at radius 2 is 2.23 bits per heavy atom. The molecule has 22 heavy (non-hydrogen) atoms. The zero-order valence-electron chi connectivity index (χ0n) is 11.9. The van der Waals surface area contributed by atoms with Gasteiger partial charge in [-0.05, 0) is 12.8 Å². The molecule has 0 aromatic carbocycles. The molecule has 0 saturated heterocycles. The van der Waals surface area contributed by atoms with E-state index in [1.165, 1.54) is 30.6 Å². The number of hydrogen-bond donors (Lipinski definition) is 0. The molecule has 4 rings (SSSR count). The van der Waals surface area contributed by atoms with Crippen LogP contribution in [0, 0.1) is 0 Å². The summed E-state index contributed by atoms with van der Waals surface area (Å²) in [5.74, 6) is 1.73. The number of thioether (sulfide) groups is 1. The fourth-order valence-electron chi connectivity index (χ4n) is 2.67. The Labute approximate surface area is 135 Å². The van der Waals surface area contributed by atoms with Crippen LogP contribution in [0.4, 0.5) is 0 Å². The summed E-state index contributed by atoms with van der Waals surface area (Å²) in [6.07, 6.45) is 6.38. The fourth-order valence-corrected chi connectivity index (χ4v) is 4.28. The van der Waals surface area contributed by atoms with Gasteiger partial charge in [0.25, 0.3) is 5.56 Å². The Kier molecular flexibility index (Phi) is 3.71. The van der Waals surface area contributed by atoms with E-state index in [0.29, 0.717) is 5.75 Å². The van der Waals surface area contributed by atoms with E-state index in [0.717, 1.165) is 34.6 Å². The van der Waals surface area contributed by atoms with E-state index in [-0.39, 0.29) is 5.56 Å². The first-order chi connectivity index (χ1) is 10.8. The summed E-state index contributed by atoms with van der Waals surface area (Å²) < 4.78 is 3.79. The van der Waals surface area contributed by atoms with Crippen LogP contribution in [-0.4, -0.2) is 24.1 Å². The van der Waals surface area contributed by atoms with Gasteiger partial charge in [0, 0.05) is 36.4 Å². The van der Waals surface area contributed by atoms with Crippen LogP contribution in [0.25, 0.3) is 4.96 Å². The van der Waals surface area contributed by atoms with Crippen LogP contribution in [-0.2, 0) is 18.7 Å². The van der Waals surface area contributed by atoms with Gasteiger partial charge in [0.15, 0.2) is 10.1 Å². The summed E-state index contributed by atoms with van der Waals surface area (Å²) in [7, 11) is 0. The van der Waals surface area contributed by atoms with Gasteiger partial charge < -0.3 is 4.57 Å². The monoisotopic (exact) mass is 333 g/mol. The van der Waals surface area contributed by atoms with Crippen molar-refractivity contribution in [2.75, 3.05) is 0 Å². The third-order valence-electron chi connectivity index (χ3n) is 3.78. The number of hydrogen-bond acceptors (Lipinski definition) is 6. The lowest BCUT2D eigenvalue weighted by atomic mass is 10.2. The highest BCUT2D eigenvalue weighted by molar-refractivity contribution is 7.98. The van der Waals surface area contributed by atoms with Gasteiger partial charge in [0.2, 0.25) is 0 Å². The maximum Gasteiger partial charge on any atom is 0.258 e. The number of aryl methyl sites for hydroxylation is 1. The molecule has 3 aromatic heterocycles. The molecule has 0 bridgehead atoms. The third-order valence-corrected chi connectivity index (χ3v) is 5.54. The van der Waals surface area contributed by atoms with Crippen molar-refractivity contribution in [3.8, 4) is 0 Å². The molecule has 0 atom stereocenters. The summed E-state index contributed by atoms with van der Waals surface area (Å²) in [6.45, 7) is 0.991. The van der Waals surface area contributed by atoms with Crippen LogP contribution in [0.3, 0.4) is 0 Å². The first-order valence-electron chi connectivity index (χ1n) is 7.32. The lowest BCUT2D eigenvalue weighted by Crippen LogP contribution is -2.12. The molecule has 0 unspecified atom stereocenters. The van der Waals surface area contributed by atoms with Crippen molar-refractivity contribution in [1.82, 2.24) is 24.1 Å². The number of fused-ring (bicyclic) bond motifs is 2. The Balaban J connectivity index is 1.57. The first kappa shape index (κ1) is 14.0. The van der Waals surface area contributed by atoms with Crippen molar-refractivity contribution < 1.29 is 0 Å². The Bertz CT molecular complexity index is 866. The Morgan fingerprint density at radius 1 is 1.27 bits per heavy atom. The second kappa shape index (κ2) is 5.85. The van der Waals surface area contributed by atoms with Crippen molar-refractivity contribution >= 4 is 28.1 Å². The van der Waals surface area contributed by atoms with Gasteiger partial charge in [-0.1, -0.05) is 18.2 Å². The molecule has 6 nitrogen and oxygen atoms in total. The summed E-state index contributed by atoms with van der Waals surface area (Å²) in [6, 6.07) is 1.60. The van der Waals surface area contributed by atoms with Crippen LogP contribution >= 0.6 is 23.1 Å². The highest BCUT2D eigenvalue weighted by Crippen LogP contribution is 2.24. The van der Waals surface area contributed by atoms with Crippen molar-refractivity contribution in [3.05, 3.63) is 39.5 Å². The number of rotatable bonds is 3. The molecule has 0 fully saturated rings. The van der Waals surface area contributed by atoms with Gasteiger partial charge in [-0.2, -0.15) is 0 Å². The molecular weight excluding hydrogens is 318 g/mol. The second-order valence-electron chi connectivity index (χ2n) is 5.29. The molecule has 0 spiro atoms. The maximum atomic E-state index is 12.0. The van der Waals surface area contributed by atoms with Crippen molar-refractivity contribution in [2.24, 2.45) is 0 Å². The van der Waals surface area contributed by atoms with Crippen molar-refractivity contribution in [3.63, 3.8) is 0 Å². The van der Waals surface area contributed by atoms with E-state index >= 15 is 0 Å². The molecular formula is C14H15N5OS2. The summed E-state index contributed by atoms with van der Waals surface area (Å²) in [5, 5.41) is 11.4. The van der Waals surface area contributed by atoms with Gasteiger partial charge in [-0.15, -0.1) is 21.5 Å². The highest BCUT2D eigenvalue weighted by atomic mass is 32.2. The zero-order valence-corrected chi connectivity index (χ0v) is 13.6. The normalized spacial score (nSPS) is 14.9. The minimum Gasteiger partial charge on any atom is -0.306 e. The average molecular weight is 333 g/mol. The number of thiazole rings is 1. The van der Waals surface area contributed by atoms with Gasteiger partial charge in [0.1, 0.15) is 5.82 Å². The van der Waals surface area contributed by atoms with E-state index in [1.54, 1.807) is 28.4 Å². The van der Waals surface area contributed by atoms with Crippen LogP contribution in [0.15, 0.2) is 27.6 Å². The minimum absolute atomic E-state index is 0.0260. The molecule has 0 amide bonds. The number of nitrogens with zero attached hydrogens (tertiary/aromatic N) is 5. The SMILES string of the molecule is O=c1cc(CSc2nnc3n2CCCCC3)nc2sccn12. The molecule has 0 N–H and O–H groups in total. The lowest BCUT2D eigenvalue weighted by molar-refractivity contribution is 0.591. The van der Waals surface area contributed by atoms with E-state index < -0.39 is 0 Å². The van der Waals surface area contributed by atoms with Crippen LogP contribution < -0.4 is 5.56 Å². The minimum atomic E-state index is -0.0260. The largest absolute Gasteiger partial charge is 0.306 e. The van der Waals surface area contributed by atoms with Gasteiger partial charge in [-0.3, -0.25) is 9.20 Å². The second-order valence-corrected chi connectivity index (χ2v) is 7.11. The molecule has 0 aliphatic carbocycles. The summed E-state index contributed by atoms with van der Waals surface area (Å²) in [4.78, 5) is 17.3. The number of aromatic nitrogens is 5. The van der Waals surface area contributed by atoms with Crippen molar-refractivity contribution in [1.29, 1.82) is 0 Å². The van der Waals surface area contributed by atoms with E-state index in [2.05, 4.69) is 19.7 Å². The fraction of sp³-hybridized carbons (Fsp3) is 0.429. The van der Waals surface area contributed by atoms with Gasteiger partial charge >= 0.3 is 0 Å². The standard InChI is InChI=1S/C14H15N5OS2/c20-12-8-10(15-13-19(12)6-7-21-13)9-22-14-17-16-11-4-2-1-3-5-18(11)14/h6-8H,1-5,9H2. The van der Waals surface area contributed by atoms with Crippen LogP contribution in [0.5, 0.6) is 0 Å². The average Bonchev–Trinajstić information content (AvgIpc) is 3.07. The molecule has 0 radical (unpaired) electrons. The van der Waals surface area contributed by atoms with E-state index in [1.807, 2.05) is 5.38 Å². The summed E-state index contributed by atoms with van der Waals surface area (Å²) >= 11 is 3.08. The quantitative estimate of drug-likeness (QED) is 0.689.